The molecule has 1 aromatic carbocycles. The Morgan fingerprint density at radius 2 is 1.97 bits per heavy atom. The lowest BCUT2D eigenvalue weighted by molar-refractivity contribution is -0.127. The van der Waals surface area contributed by atoms with Gasteiger partial charge in [0.1, 0.15) is 5.75 Å². The van der Waals surface area contributed by atoms with Gasteiger partial charge in [0, 0.05) is 54.9 Å². The highest BCUT2D eigenvalue weighted by molar-refractivity contribution is 6.00. The number of piperidine rings is 1. The highest BCUT2D eigenvalue weighted by Gasteiger charge is 2.49. The molecule has 0 atom stereocenters. The van der Waals surface area contributed by atoms with E-state index in [2.05, 4.69) is 20.5 Å². The molecule has 2 aromatic heterocycles. The van der Waals surface area contributed by atoms with Gasteiger partial charge < -0.3 is 19.9 Å². The minimum absolute atomic E-state index is 0.132. The van der Waals surface area contributed by atoms with E-state index >= 15 is 0 Å². The second-order valence-electron chi connectivity index (χ2n) is 8.52. The Morgan fingerprint density at radius 1 is 1.15 bits per heavy atom. The molecule has 0 radical (unpaired) electrons. The molecule has 5 rings (SSSR count). The van der Waals surface area contributed by atoms with Crippen LogP contribution in [0.15, 0.2) is 55.1 Å². The number of aromatic nitrogens is 3. The topological polar surface area (TPSA) is 103 Å². The fraction of sp³-hybridized carbons (Fsp3) is 0.333. The van der Waals surface area contributed by atoms with Crippen molar-refractivity contribution in [3.05, 3.63) is 55.1 Å². The molecule has 2 fully saturated rings. The molecule has 9 heteroatoms. The molecule has 170 valence electrons. The van der Waals surface area contributed by atoms with Crippen LogP contribution < -0.4 is 15.0 Å². The number of nitrogens with zero attached hydrogens (tertiary/aromatic N) is 4. The first-order valence-corrected chi connectivity index (χ1v) is 11.0. The van der Waals surface area contributed by atoms with Crippen LogP contribution in [0, 0.1) is 5.41 Å². The van der Waals surface area contributed by atoms with Gasteiger partial charge in [0.25, 0.3) is 0 Å². The van der Waals surface area contributed by atoms with Gasteiger partial charge in [0.15, 0.2) is 0 Å². The van der Waals surface area contributed by atoms with Gasteiger partial charge in [0.05, 0.1) is 30.6 Å². The molecule has 0 unspecified atom stereocenters. The van der Waals surface area contributed by atoms with E-state index in [1.165, 1.54) is 0 Å². The van der Waals surface area contributed by atoms with Crippen LogP contribution in [-0.4, -0.2) is 58.8 Å². The smallest absolute Gasteiger partial charge is 0.321 e. The summed E-state index contributed by atoms with van der Waals surface area (Å²) < 4.78 is 5.60. The zero-order valence-electron chi connectivity index (χ0n) is 18.5. The normalized spacial score (nSPS) is 17.4. The van der Waals surface area contributed by atoms with E-state index in [-0.39, 0.29) is 11.9 Å². The molecular formula is C24H26N6O3. The van der Waals surface area contributed by atoms with Crippen molar-refractivity contribution in [2.75, 3.05) is 37.0 Å². The Labute approximate surface area is 191 Å². The fourth-order valence-corrected chi connectivity index (χ4v) is 4.79. The van der Waals surface area contributed by atoms with Crippen LogP contribution in [0.2, 0.25) is 0 Å². The van der Waals surface area contributed by atoms with Crippen molar-refractivity contribution in [2.24, 2.45) is 5.41 Å². The van der Waals surface area contributed by atoms with Crippen molar-refractivity contribution in [3.63, 3.8) is 0 Å². The number of carbonyl (C=O) groups excluding carboxylic acids is 2. The monoisotopic (exact) mass is 446 g/mol. The first kappa shape index (κ1) is 21.0. The molecule has 2 saturated heterocycles. The Bertz CT molecular complexity index is 1140. The van der Waals surface area contributed by atoms with Crippen LogP contribution in [0.3, 0.4) is 0 Å². The SMILES string of the molecule is COc1cc(N2CCC3(CCN(C(=O)Nc4cccnc4)CC3)C2=O)ccc1-c1cn[nH]c1. The number of rotatable bonds is 4. The predicted molar refractivity (Wildman–Crippen MR) is 124 cm³/mol. The molecule has 1 spiro atoms. The van der Waals surface area contributed by atoms with E-state index in [1.807, 2.05) is 29.3 Å². The molecule has 0 saturated carbocycles. The van der Waals surface area contributed by atoms with E-state index in [9.17, 15) is 9.59 Å². The Balaban J connectivity index is 1.26. The number of methoxy groups -OCH3 is 1. The standard InChI is InChI=1S/C24H26N6O3/c1-33-21-13-19(4-5-20(21)17-14-26-27-15-17)30-12-8-24(22(30)31)6-10-29(11-7-24)23(32)28-18-3-2-9-25-16-18/h2-5,9,13-16H,6-8,10-12H2,1H3,(H,26,27)(H,28,32). The summed E-state index contributed by atoms with van der Waals surface area (Å²) in [6.07, 6.45) is 8.94. The van der Waals surface area contributed by atoms with Crippen LogP contribution >= 0.6 is 0 Å². The summed E-state index contributed by atoms with van der Waals surface area (Å²) in [6.45, 7) is 1.76. The van der Waals surface area contributed by atoms with Gasteiger partial charge in [-0.1, -0.05) is 0 Å². The Morgan fingerprint density at radius 3 is 2.67 bits per heavy atom. The van der Waals surface area contributed by atoms with E-state index in [1.54, 1.807) is 42.7 Å². The third kappa shape index (κ3) is 3.90. The largest absolute Gasteiger partial charge is 0.496 e. The van der Waals surface area contributed by atoms with Gasteiger partial charge >= 0.3 is 6.03 Å². The number of ether oxygens (including phenoxy) is 1. The lowest BCUT2D eigenvalue weighted by Crippen LogP contribution is -2.47. The number of aromatic amines is 1. The molecule has 9 nitrogen and oxygen atoms in total. The number of H-pyrrole nitrogens is 1. The Hall–Kier alpha value is -3.88. The number of likely N-dealkylation sites (tertiary alicyclic amines) is 1. The highest BCUT2D eigenvalue weighted by Crippen LogP contribution is 2.44. The van der Waals surface area contributed by atoms with E-state index < -0.39 is 5.41 Å². The van der Waals surface area contributed by atoms with Gasteiger partial charge in [0.2, 0.25) is 5.91 Å². The minimum atomic E-state index is -0.415. The number of carbonyl (C=O) groups is 2. The summed E-state index contributed by atoms with van der Waals surface area (Å²) >= 11 is 0. The summed E-state index contributed by atoms with van der Waals surface area (Å²) in [7, 11) is 1.63. The van der Waals surface area contributed by atoms with Crippen LogP contribution in [0.4, 0.5) is 16.2 Å². The summed E-state index contributed by atoms with van der Waals surface area (Å²) in [5, 5.41) is 9.69. The van der Waals surface area contributed by atoms with Gasteiger partial charge in [-0.05, 0) is 43.5 Å². The maximum atomic E-state index is 13.5. The highest BCUT2D eigenvalue weighted by atomic mass is 16.5. The number of urea groups is 1. The zero-order chi connectivity index (χ0) is 22.8. The fourth-order valence-electron chi connectivity index (χ4n) is 4.79. The molecular weight excluding hydrogens is 420 g/mol. The Kier molecular flexibility index (Phi) is 5.45. The zero-order valence-corrected chi connectivity index (χ0v) is 18.5. The van der Waals surface area contributed by atoms with Crippen molar-refractivity contribution in [3.8, 4) is 16.9 Å². The quantitative estimate of drug-likeness (QED) is 0.638. The molecule has 4 heterocycles. The first-order chi connectivity index (χ1) is 16.1. The average molecular weight is 447 g/mol. The van der Waals surface area contributed by atoms with Gasteiger partial charge in [-0.25, -0.2) is 4.79 Å². The van der Waals surface area contributed by atoms with Crippen molar-refractivity contribution >= 4 is 23.3 Å². The van der Waals surface area contributed by atoms with Crippen LogP contribution in [-0.2, 0) is 4.79 Å². The van der Waals surface area contributed by atoms with E-state index in [0.717, 1.165) is 23.2 Å². The predicted octanol–water partition coefficient (Wildman–Crippen LogP) is 3.53. The second kappa shape index (κ2) is 8.57. The van der Waals surface area contributed by atoms with E-state index in [4.69, 9.17) is 4.74 Å². The maximum Gasteiger partial charge on any atom is 0.321 e. The molecule has 33 heavy (non-hydrogen) atoms. The van der Waals surface area contributed by atoms with Crippen molar-refractivity contribution in [1.29, 1.82) is 0 Å². The van der Waals surface area contributed by atoms with Gasteiger partial charge in [-0.15, -0.1) is 0 Å². The van der Waals surface area contributed by atoms with Crippen molar-refractivity contribution < 1.29 is 14.3 Å². The number of amides is 3. The second-order valence-corrected chi connectivity index (χ2v) is 8.52. The molecule has 2 aliphatic rings. The first-order valence-electron chi connectivity index (χ1n) is 11.0. The third-order valence-corrected chi connectivity index (χ3v) is 6.74. The van der Waals surface area contributed by atoms with Gasteiger partial charge in [-0.2, -0.15) is 5.10 Å². The molecule has 3 amide bonds. The molecule has 3 aromatic rings. The maximum absolute atomic E-state index is 13.5. The number of hydrogen-bond donors (Lipinski definition) is 2. The lowest BCUT2D eigenvalue weighted by atomic mass is 9.77. The number of benzene rings is 1. The van der Waals surface area contributed by atoms with Crippen molar-refractivity contribution in [2.45, 2.75) is 19.3 Å². The summed E-state index contributed by atoms with van der Waals surface area (Å²) in [4.78, 5) is 33.8. The van der Waals surface area contributed by atoms with E-state index in [0.29, 0.717) is 43.9 Å². The summed E-state index contributed by atoms with van der Waals surface area (Å²) in [5.74, 6) is 0.831. The number of nitrogens with one attached hydrogen (secondary N) is 2. The average Bonchev–Trinajstić information content (AvgIpc) is 3.49. The van der Waals surface area contributed by atoms with Crippen molar-refractivity contribution in [1.82, 2.24) is 20.1 Å². The number of anilines is 2. The van der Waals surface area contributed by atoms with Gasteiger partial charge in [-0.3, -0.25) is 14.9 Å². The molecule has 2 N–H and O–H groups in total. The molecule has 2 aliphatic heterocycles. The van der Waals surface area contributed by atoms with Crippen LogP contribution in [0.1, 0.15) is 19.3 Å². The van der Waals surface area contributed by atoms with Crippen LogP contribution in [0.25, 0.3) is 11.1 Å². The lowest BCUT2D eigenvalue weighted by Gasteiger charge is -2.37. The third-order valence-electron chi connectivity index (χ3n) is 6.74. The minimum Gasteiger partial charge on any atom is -0.496 e. The summed E-state index contributed by atoms with van der Waals surface area (Å²) in [5.41, 5.74) is 2.93. The molecule has 0 bridgehead atoms. The number of hydrogen-bond acceptors (Lipinski definition) is 5. The molecule has 0 aliphatic carbocycles. The van der Waals surface area contributed by atoms with Crippen LogP contribution in [0.5, 0.6) is 5.75 Å². The number of pyridine rings is 1. The summed E-state index contributed by atoms with van der Waals surface area (Å²) in [6, 6.07) is 9.26.